The van der Waals surface area contributed by atoms with Crippen LogP contribution in [0.4, 0.5) is 0 Å². The highest BCUT2D eigenvalue weighted by molar-refractivity contribution is 5.69. The zero-order valence-corrected chi connectivity index (χ0v) is 6.27. The highest BCUT2D eigenvalue weighted by Crippen LogP contribution is 1.88. The van der Waals surface area contributed by atoms with E-state index in [-0.39, 0.29) is 11.6 Å². The summed E-state index contributed by atoms with van der Waals surface area (Å²) >= 11 is 0. The fraction of sp³-hybridized carbons (Fsp3) is 0.333. The number of aryl methyl sites for hydroxylation is 1. The van der Waals surface area contributed by atoms with E-state index in [0.29, 0.717) is 0 Å². The predicted octanol–water partition coefficient (Wildman–Crippen LogP) is -0.635. The molecule has 0 saturated carbocycles. The summed E-state index contributed by atoms with van der Waals surface area (Å²) in [6.07, 6.45) is -0.463. The fourth-order valence-electron chi connectivity index (χ4n) is 0.636. The van der Waals surface area contributed by atoms with Gasteiger partial charge in [0.15, 0.2) is 5.69 Å². The fourth-order valence-corrected chi connectivity index (χ4v) is 0.636. The molecule has 6 nitrogen and oxygen atoms in total. The lowest BCUT2D eigenvalue weighted by molar-refractivity contribution is -0.136. The lowest BCUT2D eigenvalue weighted by Gasteiger charge is -1.92. The third kappa shape index (κ3) is 1.88. The van der Waals surface area contributed by atoms with Gasteiger partial charge in [-0.3, -0.25) is 4.79 Å². The molecule has 1 aromatic rings. The van der Waals surface area contributed by atoms with Crippen LogP contribution in [0.1, 0.15) is 11.6 Å². The van der Waals surface area contributed by atoms with Crippen LogP contribution in [0.5, 0.6) is 0 Å². The van der Waals surface area contributed by atoms with Crippen molar-refractivity contribution in [2.45, 2.75) is 13.3 Å². The van der Waals surface area contributed by atoms with Gasteiger partial charge in [-0.1, -0.05) is 0 Å². The molecule has 64 valence electrons. The summed E-state index contributed by atoms with van der Waals surface area (Å²) in [7, 11) is 0. The van der Waals surface area contributed by atoms with Crippen LogP contribution in [0, 0.1) is 6.92 Å². The van der Waals surface area contributed by atoms with Gasteiger partial charge >= 0.3 is 11.6 Å². The van der Waals surface area contributed by atoms with Crippen LogP contribution in [-0.4, -0.2) is 21.3 Å². The molecule has 0 saturated heterocycles. The van der Waals surface area contributed by atoms with Crippen molar-refractivity contribution in [1.29, 1.82) is 0 Å². The molecule has 1 heterocycles. The Balaban J connectivity index is 3.02. The van der Waals surface area contributed by atoms with E-state index >= 15 is 0 Å². The standard InChI is InChI=1S/C6H6N2O4/c1-3-7-8-4(2-5(9)10)6(11)12-3/h2H2,1H3,(H,9,10). The second-order valence-corrected chi connectivity index (χ2v) is 2.13. The van der Waals surface area contributed by atoms with Crippen molar-refractivity contribution in [3.05, 3.63) is 22.0 Å². The number of aromatic nitrogens is 2. The maximum atomic E-state index is 10.8. The molecule has 0 unspecified atom stereocenters. The number of rotatable bonds is 2. The molecular formula is C6H6N2O4. The highest BCUT2D eigenvalue weighted by Gasteiger charge is 2.08. The first-order valence-electron chi connectivity index (χ1n) is 3.14. The molecular weight excluding hydrogens is 164 g/mol. The number of carboxylic acids is 1. The monoisotopic (exact) mass is 170 g/mol. The van der Waals surface area contributed by atoms with Crippen LogP contribution in [-0.2, 0) is 11.2 Å². The van der Waals surface area contributed by atoms with Crippen molar-refractivity contribution in [2.24, 2.45) is 0 Å². The molecule has 0 amide bonds. The van der Waals surface area contributed by atoms with E-state index in [1.165, 1.54) is 6.92 Å². The maximum Gasteiger partial charge on any atom is 0.361 e. The van der Waals surface area contributed by atoms with Gasteiger partial charge in [0.1, 0.15) is 0 Å². The molecule has 0 aliphatic heterocycles. The van der Waals surface area contributed by atoms with Crippen molar-refractivity contribution in [3.8, 4) is 0 Å². The molecule has 0 radical (unpaired) electrons. The minimum atomic E-state index is -1.14. The highest BCUT2D eigenvalue weighted by atomic mass is 16.4. The number of carbonyl (C=O) groups is 1. The first-order chi connectivity index (χ1) is 5.59. The third-order valence-corrected chi connectivity index (χ3v) is 1.11. The average Bonchev–Trinajstić information content (AvgIpc) is 1.94. The Labute approximate surface area is 66.9 Å². The normalized spacial score (nSPS) is 9.75. The smallest absolute Gasteiger partial charge is 0.361 e. The van der Waals surface area contributed by atoms with Gasteiger partial charge in [0.2, 0.25) is 5.89 Å². The molecule has 12 heavy (non-hydrogen) atoms. The molecule has 0 atom stereocenters. The van der Waals surface area contributed by atoms with Gasteiger partial charge in [-0.2, -0.15) is 0 Å². The lowest BCUT2D eigenvalue weighted by atomic mass is 10.3. The second kappa shape index (κ2) is 3.12. The molecule has 1 N–H and O–H groups in total. The summed E-state index contributed by atoms with van der Waals surface area (Å²) < 4.78 is 4.52. The molecule has 0 fully saturated rings. The molecule has 0 aromatic carbocycles. The van der Waals surface area contributed by atoms with Crippen molar-refractivity contribution < 1.29 is 14.3 Å². The largest absolute Gasteiger partial charge is 0.481 e. The Bertz CT molecular complexity index is 357. The van der Waals surface area contributed by atoms with Gasteiger partial charge in [0.25, 0.3) is 0 Å². The number of carboxylic acid groups (broad SMARTS) is 1. The van der Waals surface area contributed by atoms with Gasteiger partial charge in [-0.05, 0) is 0 Å². The Morgan fingerprint density at radius 3 is 2.75 bits per heavy atom. The topological polar surface area (TPSA) is 93.3 Å². The summed E-state index contributed by atoms with van der Waals surface area (Å²) in [6, 6.07) is 0. The Morgan fingerprint density at radius 2 is 2.25 bits per heavy atom. The van der Waals surface area contributed by atoms with E-state index in [0.717, 1.165) is 0 Å². The van der Waals surface area contributed by atoms with Gasteiger partial charge in [0.05, 0.1) is 6.42 Å². The van der Waals surface area contributed by atoms with Crippen LogP contribution in [0.2, 0.25) is 0 Å². The Morgan fingerprint density at radius 1 is 1.58 bits per heavy atom. The van der Waals surface area contributed by atoms with E-state index in [1.807, 2.05) is 0 Å². The van der Waals surface area contributed by atoms with E-state index in [9.17, 15) is 9.59 Å². The maximum absolute atomic E-state index is 10.8. The molecule has 6 heteroatoms. The Hall–Kier alpha value is -1.72. The molecule has 1 rings (SSSR count). The first-order valence-corrected chi connectivity index (χ1v) is 3.14. The van der Waals surface area contributed by atoms with Gasteiger partial charge in [-0.25, -0.2) is 4.79 Å². The van der Waals surface area contributed by atoms with Gasteiger partial charge in [0, 0.05) is 6.92 Å². The first kappa shape index (κ1) is 8.38. The number of hydrogen-bond acceptors (Lipinski definition) is 5. The molecule has 0 aliphatic rings. The quantitative estimate of drug-likeness (QED) is 0.634. The molecule has 1 aromatic heterocycles. The third-order valence-electron chi connectivity index (χ3n) is 1.11. The lowest BCUT2D eigenvalue weighted by Crippen LogP contribution is -2.16. The summed E-state index contributed by atoms with van der Waals surface area (Å²) in [5.74, 6) is -1.02. The van der Waals surface area contributed by atoms with E-state index in [4.69, 9.17) is 5.11 Å². The van der Waals surface area contributed by atoms with Gasteiger partial charge < -0.3 is 9.52 Å². The van der Waals surface area contributed by atoms with Crippen LogP contribution in [0.25, 0.3) is 0 Å². The molecule has 0 aliphatic carbocycles. The summed E-state index contributed by atoms with van der Waals surface area (Å²) in [5, 5.41) is 15.1. The van der Waals surface area contributed by atoms with Crippen LogP contribution in [0.3, 0.4) is 0 Å². The number of aliphatic carboxylic acids is 1. The van der Waals surface area contributed by atoms with Gasteiger partial charge in [-0.15, -0.1) is 10.2 Å². The van der Waals surface area contributed by atoms with Crippen molar-refractivity contribution >= 4 is 5.97 Å². The van der Waals surface area contributed by atoms with Crippen LogP contribution in [0.15, 0.2) is 9.21 Å². The van der Waals surface area contributed by atoms with Crippen LogP contribution < -0.4 is 5.63 Å². The Kier molecular flexibility index (Phi) is 2.18. The minimum absolute atomic E-state index is 0.120. The second-order valence-electron chi connectivity index (χ2n) is 2.13. The summed E-state index contributed by atoms with van der Waals surface area (Å²) in [5.41, 5.74) is -0.932. The SMILES string of the molecule is Cc1nnc(CC(=O)O)c(=O)o1. The van der Waals surface area contributed by atoms with Crippen LogP contribution >= 0.6 is 0 Å². The van der Waals surface area contributed by atoms with Crippen molar-refractivity contribution in [1.82, 2.24) is 10.2 Å². The zero-order valence-electron chi connectivity index (χ0n) is 6.27. The predicted molar refractivity (Wildman–Crippen MR) is 36.6 cm³/mol. The molecule has 0 bridgehead atoms. The summed E-state index contributed by atoms with van der Waals surface area (Å²) in [6.45, 7) is 1.46. The number of nitrogens with zero attached hydrogens (tertiary/aromatic N) is 2. The van der Waals surface area contributed by atoms with E-state index < -0.39 is 18.0 Å². The molecule has 0 spiro atoms. The van der Waals surface area contributed by atoms with Crippen molar-refractivity contribution in [2.75, 3.05) is 0 Å². The van der Waals surface area contributed by atoms with E-state index in [2.05, 4.69) is 14.6 Å². The number of hydrogen-bond donors (Lipinski definition) is 1. The average molecular weight is 170 g/mol. The zero-order chi connectivity index (χ0) is 9.14. The van der Waals surface area contributed by atoms with Crippen molar-refractivity contribution in [3.63, 3.8) is 0 Å². The minimum Gasteiger partial charge on any atom is -0.481 e. The summed E-state index contributed by atoms with van der Waals surface area (Å²) in [4.78, 5) is 21.0. The van der Waals surface area contributed by atoms with E-state index in [1.54, 1.807) is 0 Å².